The Morgan fingerprint density at radius 3 is 2.71 bits per heavy atom. The molecule has 24 heavy (non-hydrogen) atoms. The first-order valence-electron chi connectivity index (χ1n) is 7.67. The molecule has 0 atom stereocenters. The van der Waals surface area contributed by atoms with Crippen LogP contribution in [0.1, 0.15) is 15.9 Å². The van der Waals surface area contributed by atoms with E-state index < -0.39 is 0 Å². The lowest BCUT2D eigenvalue weighted by molar-refractivity contribution is 0.0987. The van der Waals surface area contributed by atoms with Gasteiger partial charge in [-0.1, -0.05) is 0 Å². The van der Waals surface area contributed by atoms with Crippen LogP contribution in [0.25, 0.3) is 11.3 Å². The summed E-state index contributed by atoms with van der Waals surface area (Å²) < 4.78 is 19.4. The van der Waals surface area contributed by atoms with Crippen LogP contribution in [0.4, 0.5) is 15.8 Å². The molecule has 1 aliphatic heterocycles. The largest absolute Gasteiger partial charge is 0.464 e. The number of nitrogens with two attached hydrogens (primary N) is 1. The predicted molar refractivity (Wildman–Crippen MR) is 90.3 cm³/mol. The molecular weight excluding hydrogens is 307 g/mol. The highest BCUT2D eigenvalue weighted by Crippen LogP contribution is 2.38. The molecule has 4 rings (SSSR count). The lowest BCUT2D eigenvalue weighted by Gasteiger charge is -2.23. The Bertz CT molecular complexity index is 915. The molecule has 2 N–H and O–H groups in total. The van der Waals surface area contributed by atoms with Crippen molar-refractivity contribution in [2.75, 3.05) is 17.2 Å². The molecule has 1 amide bonds. The van der Waals surface area contributed by atoms with Crippen molar-refractivity contribution in [2.24, 2.45) is 0 Å². The van der Waals surface area contributed by atoms with Gasteiger partial charge in [0.05, 0.1) is 12.0 Å². The summed E-state index contributed by atoms with van der Waals surface area (Å²) in [5, 5.41) is 0. The van der Waals surface area contributed by atoms with E-state index in [1.54, 1.807) is 41.5 Å². The molecule has 0 bridgehead atoms. The SMILES string of the molecule is Nc1ccc(C(=O)N2CCc3ccoc3-c3ccc(F)cc32)cc1. The van der Waals surface area contributed by atoms with Crippen LogP contribution in [0.15, 0.2) is 59.2 Å². The van der Waals surface area contributed by atoms with E-state index in [2.05, 4.69) is 0 Å². The number of carbonyl (C=O) groups excluding carboxylic acids is 1. The van der Waals surface area contributed by atoms with Gasteiger partial charge in [0.25, 0.3) is 5.91 Å². The van der Waals surface area contributed by atoms with Gasteiger partial charge in [-0.3, -0.25) is 4.79 Å². The quantitative estimate of drug-likeness (QED) is 0.692. The maximum atomic E-state index is 13.8. The van der Waals surface area contributed by atoms with E-state index in [0.717, 1.165) is 11.1 Å². The van der Waals surface area contributed by atoms with E-state index in [-0.39, 0.29) is 11.7 Å². The molecule has 1 aromatic heterocycles. The first-order chi connectivity index (χ1) is 11.6. The smallest absolute Gasteiger partial charge is 0.258 e. The summed E-state index contributed by atoms with van der Waals surface area (Å²) in [4.78, 5) is 14.5. The van der Waals surface area contributed by atoms with E-state index in [9.17, 15) is 9.18 Å². The van der Waals surface area contributed by atoms with Gasteiger partial charge in [-0.15, -0.1) is 0 Å². The van der Waals surface area contributed by atoms with Crippen LogP contribution < -0.4 is 10.6 Å². The lowest BCUT2D eigenvalue weighted by atomic mass is 10.1. The Morgan fingerprint density at radius 2 is 1.92 bits per heavy atom. The van der Waals surface area contributed by atoms with Gasteiger partial charge < -0.3 is 15.1 Å². The van der Waals surface area contributed by atoms with Gasteiger partial charge >= 0.3 is 0 Å². The lowest BCUT2D eigenvalue weighted by Crippen LogP contribution is -2.32. The zero-order chi connectivity index (χ0) is 16.7. The van der Waals surface area contributed by atoms with Gasteiger partial charge in [-0.25, -0.2) is 4.39 Å². The molecule has 3 aromatic rings. The number of anilines is 2. The highest BCUT2D eigenvalue weighted by atomic mass is 19.1. The summed E-state index contributed by atoms with van der Waals surface area (Å²) in [6.07, 6.45) is 2.26. The van der Waals surface area contributed by atoms with Crippen molar-refractivity contribution in [2.45, 2.75) is 6.42 Å². The first-order valence-corrected chi connectivity index (χ1v) is 7.67. The van der Waals surface area contributed by atoms with Crippen molar-refractivity contribution in [1.29, 1.82) is 0 Å². The molecule has 2 heterocycles. The third-order valence-corrected chi connectivity index (χ3v) is 4.25. The molecule has 1 aliphatic rings. The minimum atomic E-state index is -0.390. The minimum absolute atomic E-state index is 0.188. The van der Waals surface area contributed by atoms with E-state index >= 15 is 0 Å². The predicted octanol–water partition coefficient (Wildman–Crippen LogP) is 3.87. The summed E-state index contributed by atoms with van der Waals surface area (Å²) in [5.41, 5.74) is 9.03. The summed E-state index contributed by atoms with van der Waals surface area (Å²) in [5.74, 6) is 0.114. The van der Waals surface area contributed by atoms with Gasteiger partial charge in [-0.05, 0) is 55.0 Å². The molecular formula is C19H15FN2O2. The molecule has 120 valence electrons. The van der Waals surface area contributed by atoms with Crippen molar-refractivity contribution in [3.8, 4) is 11.3 Å². The van der Waals surface area contributed by atoms with Gasteiger partial charge in [0.1, 0.15) is 11.6 Å². The fourth-order valence-corrected chi connectivity index (χ4v) is 3.03. The molecule has 0 aliphatic carbocycles. The number of nitrogens with zero attached hydrogens (tertiary/aromatic N) is 1. The summed E-state index contributed by atoms with van der Waals surface area (Å²) in [6, 6.07) is 13.0. The molecule has 0 saturated carbocycles. The third-order valence-electron chi connectivity index (χ3n) is 4.25. The molecule has 2 aromatic carbocycles. The average molecular weight is 322 g/mol. The summed E-state index contributed by atoms with van der Waals surface area (Å²) in [7, 11) is 0. The van der Waals surface area contributed by atoms with Crippen LogP contribution in [0.5, 0.6) is 0 Å². The number of carbonyl (C=O) groups is 1. The number of hydrogen-bond donors (Lipinski definition) is 1. The number of amides is 1. The zero-order valence-electron chi connectivity index (χ0n) is 12.8. The molecule has 0 unspecified atom stereocenters. The van der Waals surface area contributed by atoms with Gasteiger partial charge in [0, 0.05) is 28.9 Å². The Balaban J connectivity index is 1.82. The highest BCUT2D eigenvalue weighted by molar-refractivity contribution is 6.08. The second kappa shape index (κ2) is 5.53. The van der Waals surface area contributed by atoms with E-state index in [0.29, 0.717) is 35.7 Å². The molecule has 4 nitrogen and oxygen atoms in total. The number of nitrogen functional groups attached to an aromatic ring is 1. The zero-order valence-corrected chi connectivity index (χ0v) is 12.8. The van der Waals surface area contributed by atoms with Crippen LogP contribution in [0, 0.1) is 5.82 Å². The van der Waals surface area contributed by atoms with Gasteiger partial charge in [0.2, 0.25) is 0 Å². The number of furan rings is 1. The van der Waals surface area contributed by atoms with Crippen molar-refractivity contribution in [1.82, 2.24) is 0 Å². The number of fused-ring (bicyclic) bond motifs is 3. The Kier molecular flexibility index (Phi) is 3.34. The Hall–Kier alpha value is -3.08. The van der Waals surface area contributed by atoms with E-state index in [1.807, 2.05) is 6.07 Å². The van der Waals surface area contributed by atoms with Crippen molar-refractivity contribution >= 4 is 17.3 Å². The van der Waals surface area contributed by atoms with Gasteiger partial charge in [-0.2, -0.15) is 0 Å². The van der Waals surface area contributed by atoms with Crippen LogP contribution in [0.3, 0.4) is 0 Å². The summed E-state index contributed by atoms with van der Waals surface area (Å²) in [6.45, 7) is 0.451. The standard InChI is InChI=1S/C19H15FN2O2/c20-14-3-6-16-17(11-14)22(9-7-12-8-10-24-18(12)16)19(23)13-1-4-15(21)5-2-13/h1-6,8,10-11H,7,9,21H2. The van der Waals surface area contributed by atoms with E-state index in [1.165, 1.54) is 12.1 Å². The fraction of sp³-hybridized carbons (Fsp3) is 0.105. The molecule has 0 radical (unpaired) electrons. The maximum Gasteiger partial charge on any atom is 0.258 e. The second-order valence-electron chi connectivity index (χ2n) is 5.77. The minimum Gasteiger partial charge on any atom is -0.464 e. The van der Waals surface area contributed by atoms with Crippen molar-refractivity contribution in [3.05, 3.63) is 71.7 Å². The Labute approximate surface area is 138 Å². The van der Waals surface area contributed by atoms with Crippen LogP contribution >= 0.6 is 0 Å². The number of halogens is 1. The maximum absolute atomic E-state index is 13.8. The molecule has 0 fully saturated rings. The first kappa shape index (κ1) is 14.5. The van der Waals surface area contributed by atoms with E-state index in [4.69, 9.17) is 10.2 Å². The number of benzene rings is 2. The van der Waals surface area contributed by atoms with Crippen molar-refractivity contribution in [3.63, 3.8) is 0 Å². The second-order valence-corrected chi connectivity index (χ2v) is 5.77. The molecule has 5 heteroatoms. The third kappa shape index (κ3) is 2.34. The average Bonchev–Trinajstić information content (AvgIpc) is 2.98. The van der Waals surface area contributed by atoms with Crippen LogP contribution in [-0.2, 0) is 6.42 Å². The Morgan fingerprint density at radius 1 is 1.12 bits per heavy atom. The molecule has 0 spiro atoms. The molecule has 0 saturated heterocycles. The fourth-order valence-electron chi connectivity index (χ4n) is 3.03. The summed E-state index contributed by atoms with van der Waals surface area (Å²) >= 11 is 0. The highest BCUT2D eigenvalue weighted by Gasteiger charge is 2.27. The van der Waals surface area contributed by atoms with Gasteiger partial charge in [0.15, 0.2) is 0 Å². The number of hydrogen-bond acceptors (Lipinski definition) is 3. The van der Waals surface area contributed by atoms with Crippen LogP contribution in [0.2, 0.25) is 0 Å². The van der Waals surface area contributed by atoms with Crippen LogP contribution in [-0.4, -0.2) is 12.5 Å². The monoisotopic (exact) mass is 322 g/mol. The topological polar surface area (TPSA) is 59.5 Å². The van der Waals surface area contributed by atoms with Crippen molar-refractivity contribution < 1.29 is 13.6 Å². The number of rotatable bonds is 1. The normalized spacial score (nSPS) is 13.1.